The van der Waals surface area contributed by atoms with Crippen molar-refractivity contribution in [3.63, 3.8) is 0 Å². The monoisotopic (exact) mass is 1340 g/mol. The highest BCUT2D eigenvalue weighted by molar-refractivity contribution is 7.17. The van der Waals surface area contributed by atoms with Gasteiger partial charge in [0.1, 0.15) is 23.7 Å². The van der Waals surface area contributed by atoms with Gasteiger partial charge in [0.25, 0.3) is 12.2 Å². The molecule has 0 spiro atoms. The number of aromatic amines is 1. The Bertz CT molecular complexity index is 2300. The van der Waals surface area contributed by atoms with Crippen LogP contribution in [0.1, 0.15) is 366 Å². The van der Waals surface area contributed by atoms with Crippen molar-refractivity contribution < 1.29 is 42.4 Å². The van der Waals surface area contributed by atoms with Gasteiger partial charge in [0.05, 0.1) is 32.1 Å². The molecule has 1 amide bonds. The van der Waals surface area contributed by atoms with E-state index in [9.17, 15) is 29.5 Å². The minimum Gasteiger partial charge on any atom is -0.495 e. The zero-order chi connectivity index (χ0) is 67.6. The molecule has 1 fully saturated rings. The number of carbonyl (C=O) groups is 2. The summed E-state index contributed by atoms with van der Waals surface area (Å²) >= 11 is 0. The van der Waals surface area contributed by atoms with Gasteiger partial charge in [-0.15, -0.1) is 0 Å². The summed E-state index contributed by atoms with van der Waals surface area (Å²) in [6, 6.07) is 2.11. The predicted molar refractivity (Wildman–Crippen MR) is 386 cm³/mol. The zero-order valence-electron chi connectivity index (χ0n) is 60.4. The number of aryl methyl sites for hydroxylation is 1. The third-order valence-corrected chi connectivity index (χ3v) is 19.8. The van der Waals surface area contributed by atoms with E-state index >= 15 is 0 Å². The molecule has 16 heteroatoms. The molecule has 5 atom stereocenters. The van der Waals surface area contributed by atoms with Crippen LogP contribution in [0.25, 0.3) is 0 Å². The van der Waals surface area contributed by atoms with Gasteiger partial charge >= 0.3 is 20.3 Å². The molecule has 3 rings (SSSR count). The second-order valence-electron chi connectivity index (χ2n) is 27.7. The number of aromatic nitrogens is 2. The van der Waals surface area contributed by atoms with E-state index in [1.165, 1.54) is 255 Å². The van der Waals surface area contributed by atoms with Gasteiger partial charge in [-0.2, -0.15) is 5.26 Å². The molecule has 1 aromatic heterocycles. The molecular weight excluding hydrogens is 1200 g/mol. The summed E-state index contributed by atoms with van der Waals surface area (Å²) in [7, 11) is 0.209. The fourth-order valence-corrected chi connectivity index (χ4v) is 14.0. The number of amides is 1. The highest BCUT2D eigenvalue weighted by Gasteiger charge is 2.58. The minimum atomic E-state index is -1.29. The number of rotatable bonds is 66. The van der Waals surface area contributed by atoms with Gasteiger partial charge in [-0.05, 0) is 43.9 Å². The number of ether oxygens (including phenoxy) is 4. The Morgan fingerprint density at radius 3 is 1.49 bits per heavy atom. The van der Waals surface area contributed by atoms with Gasteiger partial charge in [-0.1, -0.05) is 310 Å². The number of H-pyrrole nitrogens is 1. The van der Waals surface area contributed by atoms with E-state index in [2.05, 4.69) is 43.2 Å². The number of carboxylic acid groups (broad SMARTS) is 1. The average molecular weight is 1340 g/mol. The fourth-order valence-electron chi connectivity index (χ4n) is 13.5. The van der Waals surface area contributed by atoms with E-state index in [0.717, 1.165) is 63.4 Å². The van der Waals surface area contributed by atoms with Crippen molar-refractivity contribution in [2.75, 3.05) is 39.6 Å². The van der Waals surface area contributed by atoms with Gasteiger partial charge in [-0.3, -0.25) is 23.9 Å². The Kier molecular flexibility index (Phi) is 52.5. The van der Waals surface area contributed by atoms with Crippen molar-refractivity contribution in [1.82, 2.24) is 14.9 Å². The second kappa shape index (κ2) is 58.3. The summed E-state index contributed by atoms with van der Waals surface area (Å²) in [4.78, 5) is 54.0. The third-order valence-electron chi connectivity index (χ3n) is 19.3. The van der Waals surface area contributed by atoms with E-state index in [-0.39, 0.29) is 60.0 Å². The van der Waals surface area contributed by atoms with Crippen LogP contribution in [-0.4, -0.2) is 83.9 Å². The summed E-state index contributed by atoms with van der Waals surface area (Å²) in [5, 5.41) is 21.7. The standard InChI is InChI=1S/C78H137N4O11P/c1-5-8-11-14-17-20-23-26-29-32-35-38-41-44-47-50-57-88-70-61-68(64-80-72(83)54-55-74(84)85)63-78(90-59-52-49-46-43-40-37-34-31-28-25-22-19-16-13-10-7-3,75(70)89-58-51-48-45-42-39-36-33-30-27-24-21-18-15-12-9-6-2)69-62-73(82-65-67(4)76(86)81-77(82)87)93-71(69)66-92-94-91-60-53-56-79/h61,63,65,69,71,73,75H,5-55,57-60,62,64,66H2,1-4H3,(H2-,80,81,83,84,85,86,87)/p+1/t69-,71-,73-,75?,78?/m1/s1. The first-order valence-electron chi connectivity index (χ1n) is 39.2. The smallest absolute Gasteiger partial charge is 0.495 e. The van der Waals surface area contributed by atoms with Crippen LogP contribution >= 0.6 is 8.69 Å². The number of nitrogens with zero attached hydrogens (tertiary/aromatic N) is 2. The number of aliphatic carboxylic acids is 1. The van der Waals surface area contributed by atoms with E-state index in [1.54, 1.807) is 13.1 Å². The molecule has 1 saturated heterocycles. The molecule has 0 bridgehead atoms. The van der Waals surface area contributed by atoms with Crippen LogP contribution in [0, 0.1) is 24.2 Å². The molecule has 2 unspecified atom stereocenters. The maximum atomic E-state index is 13.8. The lowest BCUT2D eigenvalue weighted by molar-refractivity contribution is -0.168. The number of carboxylic acids is 1. The lowest BCUT2D eigenvalue weighted by atomic mass is 9.73. The van der Waals surface area contributed by atoms with Crippen LogP contribution in [0.4, 0.5) is 0 Å². The quantitative estimate of drug-likeness (QED) is 0.0318. The van der Waals surface area contributed by atoms with Crippen molar-refractivity contribution in [1.29, 1.82) is 5.26 Å². The van der Waals surface area contributed by atoms with Crippen LogP contribution in [0.3, 0.4) is 0 Å². The Morgan fingerprint density at radius 2 is 1.05 bits per heavy atom. The summed E-state index contributed by atoms with van der Waals surface area (Å²) < 4.78 is 42.1. The van der Waals surface area contributed by atoms with Crippen LogP contribution in [0.5, 0.6) is 0 Å². The molecule has 2 heterocycles. The number of hydrogen-bond acceptors (Lipinski definition) is 10. The molecule has 1 aliphatic carbocycles. The summed E-state index contributed by atoms with van der Waals surface area (Å²) in [6.45, 7) is 10.1. The highest BCUT2D eigenvalue weighted by Crippen LogP contribution is 2.49. The second-order valence-corrected chi connectivity index (χ2v) is 28.4. The maximum Gasteiger partial charge on any atom is 0.591 e. The van der Waals surface area contributed by atoms with Crippen molar-refractivity contribution in [2.45, 2.75) is 386 Å². The molecule has 0 aromatic carbocycles. The van der Waals surface area contributed by atoms with Crippen LogP contribution in [-0.2, 0) is 37.3 Å². The first-order chi connectivity index (χ1) is 46.1. The lowest BCUT2D eigenvalue weighted by Crippen LogP contribution is -2.56. The van der Waals surface area contributed by atoms with Gasteiger partial charge < -0.3 is 29.4 Å². The van der Waals surface area contributed by atoms with E-state index in [0.29, 0.717) is 31.1 Å². The molecule has 3 N–H and O–H groups in total. The summed E-state index contributed by atoms with van der Waals surface area (Å²) in [6.07, 6.45) is 63.8. The van der Waals surface area contributed by atoms with Crippen LogP contribution in [0.15, 0.2) is 39.3 Å². The Labute approximate surface area is 573 Å². The van der Waals surface area contributed by atoms with E-state index in [1.807, 2.05) is 6.08 Å². The average Bonchev–Trinajstić information content (AvgIpc) is 1.42. The van der Waals surface area contributed by atoms with Gasteiger partial charge in [0.15, 0.2) is 6.10 Å². The minimum absolute atomic E-state index is 0.0383. The molecule has 94 heavy (non-hydrogen) atoms. The molecule has 0 radical (unpaired) electrons. The number of carbonyl (C=O) groups excluding carboxylic acids is 1. The first-order valence-corrected chi connectivity index (χ1v) is 39.9. The number of hydrogen-bond donors (Lipinski definition) is 3. The Hall–Kier alpha value is -3.67. The summed E-state index contributed by atoms with van der Waals surface area (Å²) in [5.74, 6) is -1.37. The topological polar surface area (TPSA) is 202 Å². The fraction of sp³-hybridized carbons (Fsp3) is 0.859. The molecule has 2 aliphatic rings. The van der Waals surface area contributed by atoms with Gasteiger partial charge in [-0.25, -0.2) is 13.5 Å². The van der Waals surface area contributed by atoms with Crippen LogP contribution < -0.4 is 16.6 Å². The molecule has 15 nitrogen and oxygen atoms in total. The van der Waals surface area contributed by atoms with Crippen molar-refractivity contribution in [3.8, 4) is 6.07 Å². The molecule has 1 aliphatic heterocycles. The number of nitriles is 1. The summed E-state index contributed by atoms with van der Waals surface area (Å²) in [5.41, 5.74) is -1.26. The van der Waals surface area contributed by atoms with Crippen molar-refractivity contribution in [3.05, 3.63) is 56.1 Å². The predicted octanol–water partition coefficient (Wildman–Crippen LogP) is 21.2. The Balaban J connectivity index is 1.92. The maximum absolute atomic E-state index is 13.8. The third kappa shape index (κ3) is 40.3. The largest absolute Gasteiger partial charge is 0.591 e. The molecular formula is C78H138N4O11P+. The zero-order valence-corrected chi connectivity index (χ0v) is 61.3. The first kappa shape index (κ1) is 84.6. The normalized spacial score (nSPS) is 18.0. The number of unbranched alkanes of at least 4 members (excludes halogenated alkanes) is 45. The highest BCUT2D eigenvalue weighted by atomic mass is 31.1. The molecule has 540 valence electrons. The van der Waals surface area contributed by atoms with Crippen molar-refractivity contribution >= 4 is 20.6 Å². The Morgan fingerprint density at radius 1 is 0.628 bits per heavy atom. The van der Waals surface area contributed by atoms with Gasteiger partial charge in [0, 0.05) is 50.3 Å². The van der Waals surface area contributed by atoms with Crippen LogP contribution in [0.2, 0.25) is 0 Å². The van der Waals surface area contributed by atoms with E-state index in [4.69, 9.17) is 27.7 Å². The SMILES string of the molecule is CCCCCCCCCCCCCCCCCCOC1=CC(CNC(=O)CCC(=O)O)=CC(OCCCCCCCCCCCCCCCCCC)([C@@H]2C[C@H](n3cc(C)c(=O)[nH]c3=O)O[C@@H]2C[O+]=POCCC#N)C1OCCCCCCCCCCCCCCCCCC. The van der Waals surface area contributed by atoms with E-state index < -0.39 is 47.2 Å². The number of nitrogens with one attached hydrogen (secondary N) is 2. The lowest BCUT2D eigenvalue weighted by Gasteiger charge is -2.46. The van der Waals surface area contributed by atoms with Gasteiger partial charge in [0.2, 0.25) is 5.91 Å². The molecule has 0 saturated carbocycles. The molecule has 1 aromatic rings. The van der Waals surface area contributed by atoms with Crippen molar-refractivity contribution in [2.24, 2.45) is 5.92 Å².